The third-order valence-electron chi connectivity index (χ3n) is 8.07. The number of nitrogens with one attached hydrogen (secondary N) is 2. The molecular formula is C33H26N10O3. The molecule has 0 saturated heterocycles. The second-order valence-electron chi connectivity index (χ2n) is 11.2. The topological polar surface area (TPSA) is 154 Å². The highest BCUT2D eigenvalue weighted by Gasteiger charge is 2.17. The monoisotopic (exact) mass is 610 g/mol. The number of aromatic nitrogens is 10. The fourth-order valence-corrected chi connectivity index (χ4v) is 6.04. The van der Waals surface area contributed by atoms with Crippen LogP contribution in [0.3, 0.4) is 0 Å². The van der Waals surface area contributed by atoms with E-state index in [1.807, 2.05) is 72.8 Å². The lowest BCUT2D eigenvalue weighted by atomic mass is 10.1. The van der Waals surface area contributed by atoms with Gasteiger partial charge >= 0.3 is 5.69 Å². The Morgan fingerprint density at radius 3 is 1.46 bits per heavy atom. The van der Waals surface area contributed by atoms with E-state index in [4.69, 9.17) is 0 Å². The van der Waals surface area contributed by atoms with Crippen LogP contribution in [0.4, 0.5) is 0 Å². The number of para-hydroxylation sites is 4. The molecule has 0 spiro atoms. The van der Waals surface area contributed by atoms with Crippen molar-refractivity contribution in [1.29, 1.82) is 0 Å². The highest BCUT2D eigenvalue weighted by Crippen LogP contribution is 2.19. The molecule has 8 rings (SSSR count). The highest BCUT2D eigenvalue weighted by molar-refractivity contribution is 5.82. The van der Waals surface area contributed by atoms with Crippen molar-refractivity contribution >= 4 is 32.8 Å². The van der Waals surface area contributed by atoms with E-state index in [9.17, 15) is 14.4 Å². The van der Waals surface area contributed by atoms with Crippen LogP contribution in [0.5, 0.6) is 0 Å². The Morgan fingerprint density at radius 1 is 0.543 bits per heavy atom. The molecule has 0 aliphatic heterocycles. The number of nitrogens with zero attached hydrogens (tertiary/aromatic N) is 8. The number of benzene rings is 3. The van der Waals surface area contributed by atoms with Crippen LogP contribution in [0.2, 0.25) is 0 Å². The Labute approximate surface area is 259 Å². The molecule has 226 valence electrons. The van der Waals surface area contributed by atoms with Crippen molar-refractivity contribution in [2.24, 2.45) is 0 Å². The fourth-order valence-electron chi connectivity index (χ4n) is 6.04. The number of hydrogen-bond donors (Lipinski definition) is 2. The molecule has 8 aromatic rings. The molecule has 0 radical (unpaired) electrons. The molecule has 0 bridgehead atoms. The molecule has 5 heterocycles. The Kier molecular flexibility index (Phi) is 6.48. The molecule has 0 unspecified atom stereocenters. The summed E-state index contributed by atoms with van der Waals surface area (Å²) < 4.78 is 6.67. The summed E-state index contributed by atoms with van der Waals surface area (Å²) in [6.07, 6.45) is 3.58. The van der Waals surface area contributed by atoms with Crippen molar-refractivity contribution in [2.75, 3.05) is 0 Å². The molecule has 46 heavy (non-hydrogen) atoms. The number of aromatic amines is 2. The number of fused-ring (bicyclic) bond motifs is 3. The Hall–Kier alpha value is -6.37. The second kappa shape index (κ2) is 11.0. The fraction of sp³-hybridized carbons (Fsp3) is 0.121. The Bertz CT molecular complexity index is 2410. The molecule has 3 aromatic carbocycles. The average Bonchev–Trinajstić information content (AvgIpc) is 3.76. The molecular weight excluding hydrogens is 584 g/mol. The van der Waals surface area contributed by atoms with Crippen molar-refractivity contribution < 1.29 is 0 Å². The minimum Gasteiger partial charge on any atom is -0.322 e. The minimum atomic E-state index is -0.216. The Balaban J connectivity index is 1.06. The van der Waals surface area contributed by atoms with Gasteiger partial charge in [-0.05, 0) is 35.4 Å². The lowest BCUT2D eigenvalue weighted by Gasteiger charge is -2.05. The minimum absolute atomic E-state index is 0.183. The maximum absolute atomic E-state index is 13.8. The van der Waals surface area contributed by atoms with E-state index in [2.05, 4.69) is 30.6 Å². The summed E-state index contributed by atoms with van der Waals surface area (Å²) in [5.74, 6) is 0. The van der Waals surface area contributed by atoms with Crippen LogP contribution in [0, 0.1) is 0 Å². The predicted molar refractivity (Wildman–Crippen MR) is 172 cm³/mol. The van der Waals surface area contributed by atoms with Crippen molar-refractivity contribution in [3.63, 3.8) is 0 Å². The van der Waals surface area contributed by atoms with E-state index in [0.29, 0.717) is 24.5 Å². The van der Waals surface area contributed by atoms with Gasteiger partial charge in [-0.3, -0.25) is 18.7 Å². The van der Waals surface area contributed by atoms with Crippen LogP contribution in [0.1, 0.15) is 22.5 Å². The number of H-pyrrole nitrogens is 2. The van der Waals surface area contributed by atoms with E-state index < -0.39 is 0 Å². The predicted octanol–water partition coefficient (Wildman–Crippen LogP) is 2.86. The quantitative estimate of drug-likeness (QED) is 0.268. The van der Waals surface area contributed by atoms with Gasteiger partial charge in [-0.15, -0.1) is 10.2 Å². The molecule has 13 heteroatoms. The van der Waals surface area contributed by atoms with Gasteiger partial charge in [0.2, 0.25) is 11.1 Å². The molecule has 0 saturated carbocycles. The number of pyridine rings is 2. The van der Waals surface area contributed by atoms with Crippen molar-refractivity contribution in [1.82, 2.24) is 49.1 Å². The van der Waals surface area contributed by atoms with Crippen molar-refractivity contribution in [2.45, 2.75) is 26.2 Å². The zero-order valence-corrected chi connectivity index (χ0v) is 24.4. The SMILES string of the molecule is O=c1cc(Cn2cc(Cn3c(=O)n(Cc4cn(Cc5cc(=O)[nH]c6ccccc56)nn4)c4ccccc43)nn2)c2ccccc2[nH]1. The van der Waals surface area contributed by atoms with E-state index in [-0.39, 0.29) is 29.9 Å². The third kappa shape index (κ3) is 4.99. The Morgan fingerprint density at radius 2 is 0.978 bits per heavy atom. The van der Waals surface area contributed by atoms with Gasteiger partial charge in [0, 0.05) is 33.9 Å². The lowest BCUT2D eigenvalue weighted by molar-refractivity contribution is 0.648. The molecule has 0 fully saturated rings. The molecule has 0 amide bonds. The van der Waals surface area contributed by atoms with Gasteiger partial charge in [0.05, 0.1) is 49.6 Å². The third-order valence-corrected chi connectivity index (χ3v) is 8.07. The van der Waals surface area contributed by atoms with Crippen LogP contribution in [0.25, 0.3) is 32.8 Å². The van der Waals surface area contributed by atoms with Gasteiger partial charge in [-0.1, -0.05) is 59.0 Å². The number of rotatable bonds is 8. The van der Waals surface area contributed by atoms with Gasteiger partial charge < -0.3 is 9.97 Å². The van der Waals surface area contributed by atoms with E-state index >= 15 is 0 Å². The van der Waals surface area contributed by atoms with E-state index in [1.54, 1.807) is 43.0 Å². The summed E-state index contributed by atoms with van der Waals surface area (Å²) in [5, 5.41) is 19.1. The van der Waals surface area contributed by atoms with Crippen LogP contribution >= 0.6 is 0 Å². The number of imidazole rings is 1. The van der Waals surface area contributed by atoms with E-state index in [0.717, 1.165) is 44.0 Å². The summed E-state index contributed by atoms with van der Waals surface area (Å²) in [4.78, 5) is 43.9. The standard InChI is InChI=1S/C33H26N10O3/c44-31-13-21(25-7-1-3-9-27(25)34-31)15-40-17-23(36-38-40)19-42-29-11-5-6-12-30(29)43(33(42)46)20-24-18-41(39-37-24)16-22-14-32(45)35-28-10-4-2-8-26(22)28/h1-14,17-18H,15-16,19-20H2,(H,34,44)(H,35,45). The molecule has 0 aliphatic carbocycles. The maximum atomic E-state index is 13.8. The molecule has 0 aliphatic rings. The smallest absolute Gasteiger partial charge is 0.322 e. The summed E-state index contributed by atoms with van der Waals surface area (Å²) in [6, 6.07) is 25.9. The first-order chi connectivity index (χ1) is 22.5. The molecule has 0 atom stereocenters. The summed E-state index contributed by atoms with van der Waals surface area (Å²) in [6.45, 7) is 1.14. The zero-order chi connectivity index (χ0) is 31.2. The van der Waals surface area contributed by atoms with Crippen molar-refractivity contribution in [3.8, 4) is 0 Å². The van der Waals surface area contributed by atoms with Gasteiger partial charge in [0.15, 0.2) is 0 Å². The van der Waals surface area contributed by atoms with E-state index in [1.165, 1.54) is 0 Å². The first kappa shape index (κ1) is 27.2. The van der Waals surface area contributed by atoms with Gasteiger partial charge in [0.1, 0.15) is 11.4 Å². The van der Waals surface area contributed by atoms with Gasteiger partial charge in [-0.25, -0.2) is 14.2 Å². The molecule has 5 aromatic heterocycles. The largest absolute Gasteiger partial charge is 0.329 e. The van der Waals surface area contributed by atoms with Gasteiger partial charge in [0.25, 0.3) is 0 Å². The zero-order valence-electron chi connectivity index (χ0n) is 24.4. The lowest BCUT2D eigenvalue weighted by Crippen LogP contribution is -2.25. The maximum Gasteiger partial charge on any atom is 0.329 e. The highest BCUT2D eigenvalue weighted by atomic mass is 16.2. The first-order valence-electron chi connectivity index (χ1n) is 14.7. The first-order valence-corrected chi connectivity index (χ1v) is 14.7. The van der Waals surface area contributed by atoms with Crippen LogP contribution < -0.4 is 16.8 Å². The van der Waals surface area contributed by atoms with Gasteiger partial charge in [-0.2, -0.15) is 0 Å². The number of hydrogen-bond acceptors (Lipinski definition) is 7. The normalized spacial score (nSPS) is 11.7. The van der Waals surface area contributed by atoms with Crippen molar-refractivity contribution in [3.05, 3.63) is 151 Å². The molecule has 2 N–H and O–H groups in total. The summed E-state index contributed by atoms with van der Waals surface area (Å²) >= 11 is 0. The summed E-state index contributed by atoms with van der Waals surface area (Å²) in [7, 11) is 0. The summed E-state index contributed by atoms with van der Waals surface area (Å²) in [5.41, 5.74) is 5.30. The van der Waals surface area contributed by atoms with Crippen LogP contribution in [0.15, 0.2) is 112 Å². The molecule has 13 nitrogen and oxygen atoms in total. The second-order valence-corrected chi connectivity index (χ2v) is 11.2. The van der Waals surface area contributed by atoms with Crippen LogP contribution in [-0.4, -0.2) is 49.1 Å². The van der Waals surface area contributed by atoms with Crippen LogP contribution in [-0.2, 0) is 26.2 Å². The average molecular weight is 611 g/mol.